The third-order valence-corrected chi connectivity index (χ3v) is 4.97. The second-order valence-corrected chi connectivity index (χ2v) is 6.99. The highest BCUT2D eigenvalue weighted by Crippen LogP contribution is 2.29. The molecule has 0 aliphatic heterocycles. The minimum absolute atomic E-state index is 0. The van der Waals surface area contributed by atoms with Gasteiger partial charge in [0.1, 0.15) is 5.82 Å². The van der Waals surface area contributed by atoms with E-state index in [1.54, 1.807) is 12.4 Å². The van der Waals surface area contributed by atoms with Crippen LogP contribution in [0.25, 0.3) is 0 Å². The molecule has 3 rings (SSSR count). The molecule has 1 unspecified atom stereocenters. The highest BCUT2D eigenvalue weighted by molar-refractivity contribution is 5.34. The highest BCUT2D eigenvalue weighted by Gasteiger charge is 2.29. The SMILES string of the molecule is C=CC(CNCc1ccc(C)cc1)(Cc1ccc(F)cc1)c1ccncc1.[HH]. The Hall–Kier alpha value is -2.78. The number of aromatic nitrogens is 1. The van der Waals surface area contributed by atoms with Gasteiger partial charge >= 0.3 is 0 Å². The van der Waals surface area contributed by atoms with E-state index in [0.717, 1.165) is 30.6 Å². The van der Waals surface area contributed by atoms with Crippen molar-refractivity contribution in [3.63, 3.8) is 0 Å². The van der Waals surface area contributed by atoms with Crippen molar-refractivity contribution in [2.45, 2.75) is 25.3 Å². The van der Waals surface area contributed by atoms with Crippen LogP contribution in [0.4, 0.5) is 4.39 Å². The van der Waals surface area contributed by atoms with E-state index < -0.39 is 0 Å². The van der Waals surface area contributed by atoms with E-state index in [9.17, 15) is 4.39 Å². The maximum atomic E-state index is 13.3. The third-order valence-electron chi connectivity index (χ3n) is 4.97. The van der Waals surface area contributed by atoms with E-state index in [1.807, 2.05) is 30.3 Å². The minimum atomic E-state index is -0.300. The van der Waals surface area contributed by atoms with Gasteiger partial charge in [0, 0.05) is 32.3 Å². The summed E-state index contributed by atoms with van der Waals surface area (Å²) >= 11 is 0. The van der Waals surface area contributed by atoms with E-state index in [2.05, 4.69) is 48.1 Å². The topological polar surface area (TPSA) is 24.9 Å². The Morgan fingerprint density at radius 3 is 2.26 bits per heavy atom. The molecule has 1 N–H and O–H groups in total. The Labute approximate surface area is 162 Å². The van der Waals surface area contributed by atoms with Gasteiger partial charge < -0.3 is 5.32 Å². The monoisotopic (exact) mass is 362 g/mol. The lowest BCUT2D eigenvalue weighted by Crippen LogP contribution is -2.38. The van der Waals surface area contributed by atoms with Crippen molar-refractivity contribution in [1.29, 1.82) is 0 Å². The normalized spacial score (nSPS) is 13.1. The Balaban J connectivity index is 0.00000280. The van der Waals surface area contributed by atoms with Crippen molar-refractivity contribution < 1.29 is 5.82 Å². The smallest absolute Gasteiger partial charge is 0.123 e. The minimum Gasteiger partial charge on any atom is -0.311 e. The molecule has 3 heteroatoms. The molecule has 0 spiro atoms. The number of aryl methyl sites for hydroxylation is 1. The summed E-state index contributed by atoms with van der Waals surface area (Å²) in [5, 5.41) is 3.58. The molecule has 0 saturated heterocycles. The highest BCUT2D eigenvalue weighted by atomic mass is 19.1. The number of nitrogens with one attached hydrogen (secondary N) is 1. The molecule has 0 aliphatic rings. The van der Waals surface area contributed by atoms with Crippen molar-refractivity contribution in [3.8, 4) is 0 Å². The molecule has 27 heavy (non-hydrogen) atoms. The van der Waals surface area contributed by atoms with Crippen LogP contribution < -0.4 is 5.32 Å². The second-order valence-electron chi connectivity index (χ2n) is 6.99. The zero-order valence-corrected chi connectivity index (χ0v) is 15.7. The van der Waals surface area contributed by atoms with Crippen LogP contribution in [-0.2, 0) is 18.4 Å². The van der Waals surface area contributed by atoms with Gasteiger partial charge in [-0.05, 0) is 54.3 Å². The number of pyridine rings is 1. The molecule has 2 aromatic carbocycles. The third kappa shape index (κ3) is 4.89. The number of halogens is 1. The van der Waals surface area contributed by atoms with Crippen molar-refractivity contribution in [3.05, 3.63) is 114 Å². The molecule has 0 bridgehead atoms. The second kappa shape index (κ2) is 8.74. The Kier molecular flexibility index (Phi) is 6.15. The first-order valence-corrected chi connectivity index (χ1v) is 9.16. The van der Waals surface area contributed by atoms with E-state index in [1.165, 1.54) is 23.3 Å². The molecular weight excluding hydrogens is 335 g/mol. The van der Waals surface area contributed by atoms with Crippen molar-refractivity contribution >= 4 is 0 Å². The lowest BCUT2D eigenvalue weighted by atomic mass is 9.75. The van der Waals surface area contributed by atoms with Gasteiger partial charge in [-0.25, -0.2) is 4.39 Å². The first-order chi connectivity index (χ1) is 13.1. The predicted molar refractivity (Wildman–Crippen MR) is 111 cm³/mol. The standard InChI is InChI=1S/C24H25FN2.H2/c1-3-24(22-12-14-26-15-13-22,16-20-8-10-23(25)11-9-20)18-27-17-21-6-4-19(2)5-7-21;/h3-15,27H,1,16-18H2,2H3;1H. The fraction of sp³-hybridized carbons (Fsp3) is 0.208. The maximum Gasteiger partial charge on any atom is 0.123 e. The quantitative estimate of drug-likeness (QED) is 0.555. The van der Waals surface area contributed by atoms with Crippen LogP contribution in [0.15, 0.2) is 85.7 Å². The number of rotatable bonds is 8. The number of hydrogen-bond acceptors (Lipinski definition) is 2. The van der Waals surface area contributed by atoms with Crippen LogP contribution in [0.5, 0.6) is 0 Å². The Morgan fingerprint density at radius 1 is 1.00 bits per heavy atom. The van der Waals surface area contributed by atoms with Crippen molar-refractivity contribution in [2.24, 2.45) is 0 Å². The molecule has 0 saturated carbocycles. The average Bonchev–Trinajstić information content (AvgIpc) is 2.71. The largest absolute Gasteiger partial charge is 0.311 e. The predicted octanol–water partition coefficient (Wildman–Crippen LogP) is 5.23. The molecule has 0 fully saturated rings. The van der Waals surface area contributed by atoms with Crippen LogP contribution in [0.2, 0.25) is 0 Å². The fourth-order valence-electron chi connectivity index (χ4n) is 3.31. The lowest BCUT2D eigenvalue weighted by molar-refractivity contribution is 0.475. The van der Waals surface area contributed by atoms with Gasteiger partial charge in [0.2, 0.25) is 0 Å². The lowest BCUT2D eigenvalue weighted by Gasteiger charge is -2.32. The summed E-state index contributed by atoms with van der Waals surface area (Å²) < 4.78 is 13.3. The molecule has 1 heterocycles. The molecule has 1 atom stereocenters. The Morgan fingerprint density at radius 2 is 1.63 bits per heavy atom. The Bertz CT molecular complexity index is 863. The van der Waals surface area contributed by atoms with Gasteiger partial charge in [0.15, 0.2) is 0 Å². The van der Waals surface area contributed by atoms with E-state index in [0.29, 0.717) is 0 Å². The van der Waals surface area contributed by atoms with Crippen LogP contribution in [0, 0.1) is 12.7 Å². The van der Waals surface area contributed by atoms with Crippen molar-refractivity contribution in [1.82, 2.24) is 10.3 Å². The molecule has 1 aromatic heterocycles. The number of nitrogens with zero attached hydrogens (tertiary/aromatic N) is 1. The number of hydrogen-bond donors (Lipinski definition) is 1. The van der Waals surface area contributed by atoms with E-state index >= 15 is 0 Å². The van der Waals surface area contributed by atoms with Gasteiger partial charge in [0.25, 0.3) is 0 Å². The van der Waals surface area contributed by atoms with E-state index in [4.69, 9.17) is 0 Å². The van der Waals surface area contributed by atoms with Gasteiger partial charge in [-0.15, -0.1) is 6.58 Å². The first kappa shape index (κ1) is 19.0. The molecule has 0 aliphatic carbocycles. The molecular formula is C24H27FN2. The van der Waals surface area contributed by atoms with Gasteiger partial charge in [-0.1, -0.05) is 48.0 Å². The van der Waals surface area contributed by atoms with Gasteiger partial charge in [-0.3, -0.25) is 4.98 Å². The van der Waals surface area contributed by atoms with Crippen LogP contribution in [0.3, 0.4) is 0 Å². The average molecular weight is 362 g/mol. The van der Waals surface area contributed by atoms with E-state index in [-0.39, 0.29) is 12.7 Å². The summed E-state index contributed by atoms with van der Waals surface area (Å²) in [6.45, 7) is 7.73. The summed E-state index contributed by atoms with van der Waals surface area (Å²) in [4.78, 5) is 4.14. The van der Waals surface area contributed by atoms with Crippen LogP contribution in [0.1, 0.15) is 23.7 Å². The van der Waals surface area contributed by atoms with Crippen molar-refractivity contribution in [2.75, 3.05) is 6.54 Å². The van der Waals surface area contributed by atoms with Gasteiger partial charge in [-0.2, -0.15) is 0 Å². The fourth-order valence-corrected chi connectivity index (χ4v) is 3.31. The summed E-state index contributed by atoms with van der Waals surface area (Å²) in [7, 11) is 0. The summed E-state index contributed by atoms with van der Waals surface area (Å²) in [6, 6.07) is 19.3. The number of benzene rings is 2. The summed E-state index contributed by atoms with van der Waals surface area (Å²) in [5.41, 5.74) is 4.42. The van der Waals surface area contributed by atoms with Gasteiger partial charge in [0.05, 0.1) is 0 Å². The molecule has 2 nitrogen and oxygen atoms in total. The summed E-state index contributed by atoms with van der Waals surface area (Å²) in [5.74, 6) is -0.218. The molecule has 3 aromatic rings. The zero-order valence-electron chi connectivity index (χ0n) is 15.7. The molecule has 140 valence electrons. The molecule has 0 amide bonds. The maximum absolute atomic E-state index is 13.3. The van der Waals surface area contributed by atoms with Crippen LogP contribution in [-0.4, -0.2) is 11.5 Å². The molecule has 0 radical (unpaired) electrons. The summed E-state index contributed by atoms with van der Waals surface area (Å²) in [6.07, 6.45) is 6.34. The van der Waals surface area contributed by atoms with Crippen LogP contribution >= 0.6 is 0 Å². The first-order valence-electron chi connectivity index (χ1n) is 9.16. The zero-order chi connectivity index (χ0) is 19.1.